The molecule has 2 saturated heterocycles. The van der Waals surface area contributed by atoms with E-state index in [0.717, 1.165) is 30.0 Å². The summed E-state index contributed by atoms with van der Waals surface area (Å²) in [6.45, 7) is 3.00. The minimum absolute atomic E-state index is 0.0306. The molecule has 36 heavy (non-hydrogen) atoms. The molecule has 2 amide bonds. The van der Waals surface area contributed by atoms with Gasteiger partial charge in [0.25, 0.3) is 0 Å². The average molecular weight is 512 g/mol. The summed E-state index contributed by atoms with van der Waals surface area (Å²) in [6.07, 6.45) is -3.24. The molecule has 2 atom stereocenters. The van der Waals surface area contributed by atoms with Crippen molar-refractivity contribution in [2.45, 2.75) is 31.7 Å². The van der Waals surface area contributed by atoms with Crippen molar-refractivity contribution in [3.05, 3.63) is 48.0 Å². The van der Waals surface area contributed by atoms with Crippen LogP contribution in [0, 0.1) is 11.7 Å². The number of likely N-dealkylation sites (N-methyl/N-ethyl adjacent to an activating group) is 1. The molecule has 0 radical (unpaired) electrons. The van der Waals surface area contributed by atoms with E-state index in [-0.39, 0.29) is 43.3 Å². The minimum atomic E-state index is -4.58. The zero-order chi connectivity index (χ0) is 25.9. The molecule has 0 spiro atoms. The monoisotopic (exact) mass is 511 g/mol. The topological polar surface area (TPSA) is 70.9 Å². The van der Waals surface area contributed by atoms with Crippen molar-refractivity contribution in [1.82, 2.24) is 24.5 Å². The smallest absolute Gasteiger partial charge is 0.435 e. The van der Waals surface area contributed by atoms with Gasteiger partial charge in [0.2, 0.25) is 11.8 Å². The van der Waals surface area contributed by atoms with Crippen molar-refractivity contribution in [2.75, 3.05) is 46.3 Å². The molecule has 12 heteroatoms. The second-order valence-corrected chi connectivity index (χ2v) is 9.28. The number of ether oxygens (including phenoxy) is 1. The number of piperazine rings is 1. The van der Waals surface area contributed by atoms with Crippen LogP contribution in [0.15, 0.2) is 36.5 Å². The van der Waals surface area contributed by atoms with Crippen molar-refractivity contribution in [3.8, 4) is 5.75 Å². The maximum absolute atomic E-state index is 13.3. The van der Waals surface area contributed by atoms with Crippen molar-refractivity contribution < 1.29 is 31.9 Å². The van der Waals surface area contributed by atoms with Crippen molar-refractivity contribution in [1.29, 1.82) is 0 Å². The number of carbonyl (C=O) groups is 2. The summed E-state index contributed by atoms with van der Waals surface area (Å²) in [5, 5.41) is 3.45. The molecule has 196 valence electrons. The van der Waals surface area contributed by atoms with Gasteiger partial charge in [-0.1, -0.05) is 0 Å². The maximum Gasteiger partial charge on any atom is 0.435 e. The Morgan fingerprint density at radius 2 is 1.69 bits per heavy atom. The van der Waals surface area contributed by atoms with E-state index in [1.165, 1.54) is 24.3 Å². The molecular formula is C24H29F4N5O3. The molecule has 2 aliphatic rings. The van der Waals surface area contributed by atoms with Gasteiger partial charge < -0.3 is 19.4 Å². The van der Waals surface area contributed by atoms with E-state index in [0.29, 0.717) is 31.8 Å². The van der Waals surface area contributed by atoms with Crippen LogP contribution < -0.4 is 4.74 Å². The molecule has 2 fully saturated rings. The molecule has 0 N–H and O–H groups in total. The van der Waals surface area contributed by atoms with E-state index in [2.05, 4.69) is 10.00 Å². The van der Waals surface area contributed by atoms with Gasteiger partial charge in [-0.3, -0.25) is 14.3 Å². The highest BCUT2D eigenvalue weighted by Crippen LogP contribution is 2.28. The fourth-order valence-electron chi connectivity index (χ4n) is 4.53. The van der Waals surface area contributed by atoms with Crippen LogP contribution in [0.25, 0.3) is 0 Å². The first-order valence-electron chi connectivity index (χ1n) is 11.9. The quantitative estimate of drug-likeness (QED) is 0.558. The van der Waals surface area contributed by atoms with Gasteiger partial charge in [-0.2, -0.15) is 18.3 Å². The third kappa shape index (κ3) is 6.54. The molecule has 1 aromatic heterocycles. The first-order valence-corrected chi connectivity index (χ1v) is 11.9. The third-order valence-corrected chi connectivity index (χ3v) is 6.64. The van der Waals surface area contributed by atoms with Gasteiger partial charge in [0.05, 0.1) is 0 Å². The molecule has 2 aliphatic heterocycles. The number of hydrogen-bond acceptors (Lipinski definition) is 5. The fourth-order valence-corrected chi connectivity index (χ4v) is 4.53. The van der Waals surface area contributed by atoms with E-state index in [4.69, 9.17) is 4.74 Å². The Morgan fingerprint density at radius 3 is 2.33 bits per heavy atom. The van der Waals surface area contributed by atoms with Gasteiger partial charge in [-0.15, -0.1) is 0 Å². The summed E-state index contributed by atoms with van der Waals surface area (Å²) >= 11 is 0. The van der Waals surface area contributed by atoms with Crippen LogP contribution in [-0.2, 0) is 22.3 Å². The van der Waals surface area contributed by atoms with E-state index in [1.807, 2.05) is 7.05 Å². The van der Waals surface area contributed by atoms with E-state index in [1.54, 1.807) is 9.80 Å². The number of likely N-dealkylation sites (tertiary alicyclic amines) is 1. The van der Waals surface area contributed by atoms with Crippen molar-refractivity contribution in [3.63, 3.8) is 0 Å². The molecule has 1 aromatic carbocycles. The van der Waals surface area contributed by atoms with E-state index >= 15 is 0 Å². The van der Waals surface area contributed by atoms with Crippen LogP contribution in [0.1, 0.15) is 18.5 Å². The highest BCUT2D eigenvalue weighted by Gasteiger charge is 2.37. The Bertz CT molecular complexity index is 1050. The first kappa shape index (κ1) is 25.9. The van der Waals surface area contributed by atoms with E-state index in [9.17, 15) is 27.2 Å². The third-order valence-electron chi connectivity index (χ3n) is 6.64. The molecule has 0 saturated carbocycles. The second kappa shape index (κ2) is 10.9. The minimum Gasteiger partial charge on any atom is -0.490 e. The van der Waals surface area contributed by atoms with Gasteiger partial charge in [-0.05, 0) is 37.4 Å². The van der Waals surface area contributed by atoms with Gasteiger partial charge in [-0.25, -0.2) is 4.39 Å². The molecule has 0 aliphatic carbocycles. The van der Waals surface area contributed by atoms with Crippen LogP contribution in [0.3, 0.4) is 0 Å². The van der Waals surface area contributed by atoms with E-state index < -0.39 is 17.7 Å². The summed E-state index contributed by atoms with van der Waals surface area (Å²) in [6, 6.07) is 6.44. The standard InChI is InChI=1S/C24H29F4N5O3/c1-30-10-12-31(13-11-30)22(34)14-17-15-32(8-6-20(17)36-19-4-2-18(25)3-5-19)23(35)16-33-9-7-21(29-33)24(26,27)28/h2-5,7,9,17,20H,6,8,10-16H2,1H3/t17-,20-/m0/s1. The van der Waals surface area contributed by atoms with Crippen LogP contribution in [0.4, 0.5) is 17.6 Å². The molecule has 0 unspecified atom stereocenters. The van der Waals surface area contributed by atoms with Crippen LogP contribution in [0.2, 0.25) is 0 Å². The SMILES string of the molecule is CN1CCN(C(=O)C[C@H]2CN(C(=O)Cn3ccc(C(F)(F)F)n3)CC[C@@H]2Oc2ccc(F)cc2)CC1. The fraction of sp³-hybridized carbons (Fsp3) is 0.542. The Morgan fingerprint density at radius 1 is 1.00 bits per heavy atom. The van der Waals surface area contributed by atoms with Crippen LogP contribution >= 0.6 is 0 Å². The largest absolute Gasteiger partial charge is 0.490 e. The molecular weight excluding hydrogens is 482 g/mol. The van der Waals surface area contributed by atoms with Crippen molar-refractivity contribution >= 4 is 11.8 Å². The van der Waals surface area contributed by atoms with Gasteiger partial charge in [0, 0.05) is 64.2 Å². The average Bonchev–Trinajstić information content (AvgIpc) is 3.31. The Balaban J connectivity index is 1.43. The Kier molecular flexibility index (Phi) is 7.82. The lowest BCUT2D eigenvalue weighted by atomic mass is 9.90. The number of benzene rings is 1. The summed E-state index contributed by atoms with van der Waals surface area (Å²) in [4.78, 5) is 31.4. The number of carbonyl (C=O) groups excluding carboxylic acids is 2. The number of piperidine rings is 1. The number of nitrogens with zero attached hydrogens (tertiary/aromatic N) is 5. The Hall–Kier alpha value is -3.15. The van der Waals surface area contributed by atoms with Crippen LogP contribution in [0.5, 0.6) is 5.75 Å². The molecule has 2 aromatic rings. The van der Waals surface area contributed by atoms with Gasteiger partial charge in [0.15, 0.2) is 5.69 Å². The van der Waals surface area contributed by atoms with Gasteiger partial charge >= 0.3 is 6.18 Å². The molecule has 3 heterocycles. The number of alkyl halides is 3. The van der Waals surface area contributed by atoms with Crippen LogP contribution in [-0.4, -0.2) is 88.7 Å². The number of amides is 2. The zero-order valence-electron chi connectivity index (χ0n) is 20.0. The van der Waals surface area contributed by atoms with Crippen molar-refractivity contribution in [2.24, 2.45) is 5.92 Å². The Labute approximate surface area is 206 Å². The normalized spacial score (nSPS) is 21.5. The first-order chi connectivity index (χ1) is 17.1. The summed E-state index contributed by atoms with van der Waals surface area (Å²) < 4.78 is 58.9. The highest BCUT2D eigenvalue weighted by atomic mass is 19.4. The second-order valence-electron chi connectivity index (χ2n) is 9.28. The molecule has 8 nitrogen and oxygen atoms in total. The predicted molar refractivity (Wildman–Crippen MR) is 121 cm³/mol. The lowest BCUT2D eigenvalue weighted by Crippen LogP contribution is -2.52. The number of rotatable bonds is 6. The number of halogens is 4. The van der Waals surface area contributed by atoms with Gasteiger partial charge in [0.1, 0.15) is 24.2 Å². The summed E-state index contributed by atoms with van der Waals surface area (Å²) in [5.74, 6) is -0.671. The summed E-state index contributed by atoms with van der Waals surface area (Å²) in [5.41, 5.74) is -1.06. The number of aromatic nitrogens is 2. The molecule has 0 bridgehead atoms. The highest BCUT2D eigenvalue weighted by molar-refractivity contribution is 5.78. The lowest BCUT2D eigenvalue weighted by molar-refractivity contribution is -0.142. The maximum atomic E-state index is 13.3. The predicted octanol–water partition coefficient (Wildman–Crippen LogP) is 2.50. The number of hydrogen-bond donors (Lipinski definition) is 0. The lowest BCUT2D eigenvalue weighted by Gasteiger charge is -2.40. The summed E-state index contributed by atoms with van der Waals surface area (Å²) in [7, 11) is 2.00. The molecule has 4 rings (SSSR count). The zero-order valence-corrected chi connectivity index (χ0v) is 20.0.